The van der Waals surface area contributed by atoms with E-state index in [2.05, 4.69) is 18.6 Å². The zero-order valence-corrected chi connectivity index (χ0v) is 18.8. The van der Waals surface area contributed by atoms with Crippen molar-refractivity contribution < 1.29 is 23.9 Å². The normalized spacial score (nSPS) is 10.7. The average molecular weight is 411 g/mol. The van der Waals surface area contributed by atoms with Crippen molar-refractivity contribution in [3.63, 3.8) is 0 Å². The summed E-state index contributed by atoms with van der Waals surface area (Å²) in [4.78, 5) is 46.9. The van der Waals surface area contributed by atoms with Crippen LogP contribution in [0.15, 0.2) is 0 Å². The molecule has 0 saturated heterocycles. The monoisotopic (exact) mass is 410 g/mol. The summed E-state index contributed by atoms with van der Waals surface area (Å²) < 4.78 is 4.62. The Kier molecular flexibility index (Phi) is 18.7. The van der Waals surface area contributed by atoms with Crippen LogP contribution >= 0.6 is 0 Å². The first-order chi connectivity index (χ1) is 14.0. The van der Waals surface area contributed by atoms with E-state index in [1.165, 1.54) is 51.4 Å². The van der Waals surface area contributed by atoms with Crippen LogP contribution in [0.25, 0.3) is 0 Å². The lowest BCUT2D eigenvalue weighted by atomic mass is 10.1. The molecule has 0 fully saturated rings. The van der Waals surface area contributed by atoms with E-state index in [0.717, 1.165) is 38.5 Å². The molecule has 0 aromatic rings. The van der Waals surface area contributed by atoms with E-state index in [0.29, 0.717) is 12.8 Å². The lowest BCUT2D eigenvalue weighted by Crippen LogP contribution is -2.18. The van der Waals surface area contributed by atoms with Gasteiger partial charge in [-0.3, -0.25) is 19.2 Å². The smallest absolute Gasteiger partial charge is 0.320 e. The van der Waals surface area contributed by atoms with Crippen molar-refractivity contribution in [3.8, 4) is 0 Å². The summed E-state index contributed by atoms with van der Waals surface area (Å²) in [6, 6.07) is 0. The van der Waals surface area contributed by atoms with Gasteiger partial charge in [0.2, 0.25) is 0 Å². The van der Waals surface area contributed by atoms with E-state index in [-0.39, 0.29) is 24.4 Å². The Morgan fingerprint density at radius 2 is 0.793 bits per heavy atom. The van der Waals surface area contributed by atoms with Crippen LogP contribution in [0.5, 0.6) is 0 Å². The Morgan fingerprint density at radius 3 is 1.14 bits per heavy atom. The third-order valence-electron chi connectivity index (χ3n) is 5.03. The molecule has 0 unspecified atom stereocenters. The van der Waals surface area contributed by atoms with Crippen molar-refractivity contribution in [1.82, 2.24) is 0 Å². The van der Waals surface area contributed by atoms with Gasteiger partial charge in [0.15, 0.2) is 0 Å². The minimum absolute atomic E-state index is 0.203. The molecule has 0 bridgehead atoms. The van der Waals surface area contributed by atoms with E-state index < -0.39 is 11.9 Å². The number of hydrogen-bond acceptors (Lipinski definition) is 5. The second-order valence-electron chi connectivity index (χ2n) is 8.02. The van der Waals surface area contributed by atoms with Crippen molar-refractivity contribution in [2.24, 2.45) is 0 Å². The predicted molar refractivity (Wildman–Crippen MR) is 116 cm³/mol. The van der Waals surface area contributed by atoms with Gasteiger partial charge in [-0.05, 0) is 12.8 Å². The highest BCUT2D eigenvalue weighted by molar-refractivity contribution is 6.03. The molecule has 0 spiro atoms. The van der Waals surface area contributed by atoms with Gasteiger partial charge in [-0.2, -0.15) is 0 Å². The van der Waals surface area contributed by atoms with Gasteiger partial charge in [-0.15, -0.1) is 0 Å². The number of esters is 2. The molecule has 0 amide bonds. The van der Waals surface area contributed by atoms with Gasteiger partial charge in [0.1, 0.15) is 24.4 Å². The Balaban J connectivity index is 3.70. The van der Waals surface area contributed by atoms with Crippen LogP contribution in [0.4, 0.5) is 0 Å². The summed E-state index contributed by atoms with van der Waals surface area (Å²) in [6.07, 6.45) is 15.4. The number of carbonyl (C=O) groups is 4. The fourth-order valence-corrected chi connectivity index (χ4v) is 3.26. The van der Waals surface area contributed by atoms with Crippen LogP contribution in [-0.2, 0) is 23.9 Å². The van der Waals surface area contributed by atoms with Gasteiger partial charge < -0.3 is 4.74 Å². The van der Waals surface area contributed by atoms with Crippen molar-refractivity contribution in [1.29, 1.82) is 0 Å². The standard InChI is InChI=1S/C24H42O5/c1-3-5-7-9-11-13-15-17-21(25)19-23(27)29-24(28)20-22(26)18-16-14-12-10-8-6-4-2/h3-20H2,1-2H3. The van der Waals surface area contributed by atoms with Crippen LogP contribution < -0.4 is 0 Å². The molecule has 0 aromatic heterocycles. The molecular weight excluding hydrogens is 368 g/mol. The van der Waals surface area contributed by atoms with Gasteiger partial charge >= 0.3 is 11.9 Å². The number of ketones is 2. The number of hydrogen-bond donors (Lipinski definition) is 0. The number of Topliss-reactive ketones (excluding diaryl/α,β-unsaturated/α-hetero) is 2. The van der Waals surface area contributed by atoms with Crippen molar-refractivity contribution in [2.75, 3.05) is 0 Å². The van der Waals surface area contributed by atoms with E-state index in [4.69, 9.17) is 0 Å². The molecule has 0 heterocycles. The first-order valence-electron chi connectivity index (χ1n) is 11.8. The molecule has 0 atom stereocenters. The molecule has 0 saturated carbocycles. The van der Waals surface area contributed by atoms with E-state index in [1.807, 2.05) is 0 Å². The Morgan fingerprint density at radius 1 is 0.483 bits per heavy atom. The maximum atomic E-state index is 11.8. The Labute approximate surface area is 177 Å². The third-order valence-corrected chi connectivity index (χ3v) is 5.03. The largest absolute Gasteiger partial charge is 0.392 e. The summed E-state index contributed by atoms with van der Waals surface area (Å²) in [5, 5.41) is 0. The van der Waals surface area contributed by atoms with Crippen LogP contribution in [0.3, 0.4) is 0 Å². The molecule has 0 aromatic carbocycles. The fraction of sp³-hybridized carbons (Fsp3) is 0.833. The van der Waals surface area contributed by atoms with Crippen molar-refractivity contribution >= 4 is 23.5 Å². The summed E-state index contributed by atoms with van der Waals surface area (Å²) in [5.74, 6) is -2.09. The van der Waals surface area contributed by atoms with E-state index >= 15 is 0 Å². The highest BCUT2D eigenvalue weighted by atomic mass is 16.6. The SMILES string of the molecule is CCCCCCCCCC(=O)CC(=O)OC(=O)CC(=O)CCCCCCCCC. The lowest BCUT2D eigenvalue weighted by Gasteiger charge is -2.04. The Bertz CT molecular complexity index is 428. The third kappa shape index (κ3) is 19.6. The maximum Gasteiger partial charge on any atom is 0.320 e. The molecular formula is C24H42O5. The first kappa shape index (κ1) is 27.5. The highest BCUT2D eigenvalue weighted by Gasteiger charge is 2.17. The zero-order chi connectivity index (χ0) is 21.7. The number of ether oxygens (including phenoxy) is 1. The first-order valence-corrected chi connectivity index (χ1v) is 11.8. The lowest BCUT2D eigenvalue weighted by molar-refractivity contribution is -0.160. The molecule has 0 radical (unpaired) electrons. The number of rotatable bonds is 20. The maximum absolute atomic E-state index is 11.8. The quantitative estimate of drug-likeness (QED) is 0.134. The van der Waals surface area contributed by atoms with Crippen molar-refractivity contribution in [2.45, 2.75) is 129 Å². The van der Waals surface area contributed by atoms with Crippen LogP contribution in [0, 0.1) is 0 Å². The van der Waals surface area contributed by atoms with Crippen LogP contribution in [-0.4, -0.2) is 23.5 Å². The molecule has 0 aliphatic rings. The fourth-order valence-electron chi connectivity index (χ4n) is 3.26. The Hall–Kier alpha value is -1.52. The summed E-state index contributed by atoms with van der Waals surface area (Å²) in [5.41, 5.74) is 0. The minimum atomic E-state index is -0.841. The summed E-state index contributed by atoms with van der Waals surface area (Å²) in [7, 11) is 0. The average Bonchev–Trinajstić information content (AvgIpc) is 2.66. The van der Waals surface area contributed by atoms with E-state index in [1.54, 1.807) is 0 Å². The van der Waals surface area contributed by atoms with Crippen LogP contribution in [0.1, 0.15) is 129 Å². The minimum Gasteiger partial charge on any atom is -0.392 e. The van der Waals surface area contributed by atoms with Gasteiger partial charge in [-0.25, -0.2) is 0 Å². The summed E-state index contributed by atoms with van der Waals surface area (Å²) >= 11 is 0. The molecule has 5 heteroatoms. The molecule has 0 aliphatic heterocycles. The van der Waals surface area contributed by atoms with Gasteiger partial charge in [0.05, 0.1) is 0 Å². The van der Waals surface area contributed by atoms with E-state index in [9.17, 15) is 19.2 Å². The molecule has 168 valence electrons. The second kappa shape index (κ2) is 19.8. The summed E-state index contributed by atoms with van der Waals surface area (Å²) in [6.45, 7) is 4.35. The topological polar surface area (TPSA) is 77.5 Å². The highest BCUT2D eigenvalue weighted by Crippen LogP contribution is 2.11. The zero-order valence-electron chi connectivity index (χ0n) is 18.8. The molecule has 29 heavy (non-hydrogen) atoms. The van der Waals surface area contributed by atoms with Gasteiger partial charge in [0.25, 0.3) is 0 Å². The second-order valence-corrected chi connectivity index (χ2v) is 8.02. The number of carbonyl (C=O) groups excluding carboxylic acids is 4. The van der Waals surface area contributed by atoms with Gasteiger partial charge in [-0.1, -0.05) is 90.9 Å². The van der Waals surface area contributed by atoms with Gasteiger partial charge in [0, 0.05) is 12.8 Å². The van der Waals surface area contributed by atoms with Crippen molar-refractivity contribution in [3.05, 3.63) is 0 Å². The van der Waals surface area contributed by atoms with Crippen LogP contribution in [0.2, 0.25) is 0 Å². The molecule has 0 rings (SSSR count). The molecule has 0 N–H and O–H groups in total. The molecule has 5 nitrogen and oxygen atoms in total. The predicted octanol–water partition coefficient (Wildman–Crippen LogP) is 6.26. The number of unbranched alkanes of at least 4 members (excludes halogenated alkanes) is 12. The molecule has 0 aliphatic carbocycles.